The number of aromatic hydroxyl groups is 1. The van der Waals surface area contributed by atoms with Crippen molar-refractivity contribution < 1.29 is 9.90 Å². The summed E-state index contributed by atoms with van der Waals surface area (Å²) in [6.07, 6.45) is 5.58. The van der Waals surface area contributed by atoms with Crippen molar-refractivity contribution in [2.45, 2.75) is 13.3 Å². The molecule has 5 rings (SSSR count). The molecule has 2 fully saturated rings. The molecule has 148 valence electrons. The summed E-state index contributed by atoms with van der Waals surface area (Å²) in [4.78, 5) is 24.5. The largest absolute Gasteiger partial charge is 0.503 e. The molecule has 4 heterocycles. The topological polar surface area (TPSA) is 98.2 Å². The highest BCUT2D eigenvalue weighted by Gasteiger charge is 2.49. The molecule has 2 aromatic heterocycles. The van der Waals surface area contributed by atoms with Gasteiger partial charge in [-0.1, -0.05) is 12.6 Å². The third-order valence-electron chi connectivity index (χ3n) is 6.15. The maximum Gasteiger partial charge on any atom is 0.245 e. The minimum Gasteiger partial charge on any atom is -0.503 e. The van der Waals surface area contributed by atoms with Crippen LogP contribution in [0.15, 0.2) is 37.3 Å². The summed E-state index contributed by atoms with van der Waals surface area (Å²) >= 11 is 0. The number of amides is 1. The van der Waals surface area contributed by atoms with Crippen LogP contribution in [0.5, 0.6) is 5.75 Å². The van der Waals surface area contributed by atoms with Crippen molar-refractivity contribution in [1.82, 2.24) is 25.1 Å². The molecule has 1 aromatic carbocycles. The van der Waals surface area contributed by atoms with Gasteiger partial charge in [0, 0.05) is 42.5 Å². The molecular formula is C21H22N6O2. The number of hydrogen-bond donors (Lipinski definition) is 2. The van der Waals surface area contributed by atoms with Crippen molar-refractivity contribution in [3.05, 3.63) is 42.9 Å². The van der Waals surface area contributed by atoms with Crippen molar-refractivity contribution in [1.29, 1.82) is 0 Å². The zero-order valence-electron chi connectivity index (χ0n) is 16.2. The zero-order chi connectivity index (χ0) is 20.2. The fourth-order valence-corrected chi connectivity index (χ4v) is 4.65. The van der Waals surface area contributed by atoms with Crippen molar-refractivity contribution in [2.75, 3.05) is 31.1 Å². The number of hydrogen-bond acceptors (Lipinski definition) is 6. The van der Waals surface area contributed by atoms with E-state index in [0.29, 0.717) is 11.5 Å². The van der Waals surface area contributed by atoms with E-state index in [2.05, 4.69) is 31.6 Å². The maximum atomic E-state index is 11.8. The van der Waals surface area contributed by atoms with Crippen LogP contribution in [-0.4, -0.2) is 62.3 Å². The summed E-state index contributed by atoms with van der Waals surface area (Å²) in [7, 11) is 0. The minimum atomic E-state index is -0.0232. The Hall–Kier alpha value is -3.42. The van der Waals surface area contributed by atoms with Gasteiger partial charge in [-0.25, -0.2) is 9.97 Å². The molecule has 0 unspecified atom stereocenters. The van der Waals surface area contributed by atoms with Gasteiger partial charge in [-0.15, -0.1) is 0 Å². The molecule has 8 nitrogen and oxygen atoms in total. The highest BCUT2D eigenvalue weighted by atomic mass is 16.3. The molecule has 1 spiro atoms. The third kappa shape index (κ3) is 2.66. The monoisotopic (exact) mass is 390 g/mol. The number of anilines is 1. The number of fused-ring (bicyclic) bond motifs is 1. The maximum absolute atomic E-state index is 11.8. The van der Waals surface area contributed by atoms with Crippen LogP contribution in [0.4, 0.5) is 5.82 Å². The first kappa shape index (κ1) is 17.7. The lowest BCUT2D eigenvalue weighted by molar-refractivity contribution is -0.136. The van der Waals surface area contributed by atoms with E-state index in [1.54, 1.807) is 6.20 Å². The number of nitrogens with zero attached hydrogens (tertiary/aromatic N) is 5. The van der Waals surface area contributed by atoms with Crippen LogP contribution in [0.3, 0.4) is 0 Å². The number of carbonyl (C=O) groups is 1. The molecule has 29 heavy (non-hydrogen) atoms. The summed E-state index contributed by atoms with van der Waals surface area (Å²) in [5, 5.41) is 19.1. The average Bonchev–Trinajstić information content (AvgIpc) is 3.34. The Balaban J connectivity index is 1.47. The summed E-state index contributed by atoms with van der Waals surface area (Å²) in [5.41, 5.74) is 3.34. The molecule has 2 saturated heterocycles. The van der Waals surface area contributed by atoms with Gasteiger partial charge in [-0.3, -0.25) is 9.89 Å². The lowest BCUT2D eigenvalue weighted by atomic mass is 9.79. The first-order valence-electron chi connectivity index (χ1n) is 9.65. The number of aromatic amines is 1. The first-order chi connectivity index (χ1) is 14.0. The number of rotatable bonds is 3. The Morgan fingerprint density at radius 2 is 2.14 bits per heavy atom. The van der Waals surface area contributed by atoms with Crippen molar-refractivity contribution in [3.63, 3.8) is 0 Å². The van der Waals surface area contributed by atoms with Crippen molar-refractivity contribution in [3.8, 4) is 17.0 Å². The fraction of sp³-hybridized carbons (Fsp3) is 0.333. The molecule has 0 radical (unpaired) electrons. The van der Waals surface area contributed by atoms with E-state index < -0.39 is 0 Å². The van der Waals surface area contributed by atoms with Crippen molar-refractivity contribution in [2.24, 2.45) is 5.41 Å². The van der Waals surface area contributed by atoms with E-state index in [9.17, 15) is 9.90 Å². The van der Waals surface area contributed by atoms with Gasteiger partial charge in [0.1, 0.15) is 12.0 Å². The minimum absolute atomic E-state index is 0.0232. The lowest BCUT2D eigenvalue weighted by Gasteiger charge is -2.47. The number of H-pyrrole nitrogens is 1. The number of nitrogens with one attached hydrogen (secondary N) is 1. The van der Waals surface area contributed by atoms with Gasteiger partial charge >= 0.3 is 0 Å². The Morgan fingerprint density at radius 1 is 1.31 bits per heavy atom. The quantitative estimate of drug-likeness (QED) is 0.666. The van der Waals surface area contributed by atoms with E-state index in [1.807, 2.05) is 24.0 Å². The molecule has 2 aliphatic heterocycles. The molecule has 0 atom stereocenters. The first-order valence-corrected chi connectivity index (χ1v) is 9.65. The predicted octanol–water partition coefficient (Wildman–Crippen LogP) is 2.26. The Bertz CT molecular complexity index is 1130. The fourth-order valence-electron chi connectivity index (χ4n) is 4.65. The molecule has 8 heteroatoms. The molecule has 2 N–H and O–H groups in total. The van der Waals surface area contributed by atoms with E-state index in [-0.39, 0.29) is 17.1 Å². The molecule has 0 saturated carbocycles. The number of benzene rings is 1. The molecule has 0 aliphatic carbocycles. The second-order valence-electron chi connectivity index (χ2n) is 8.05. The summed E-state index contributed by atoms with van der Waals surface area (Å²) < 4.78 is 0. The SMILES string of the molecule is C=CC(=O)N1CC2(CCN(c3ncnc(-c4c(C)ccc5[nH]ncc45)c3O)C2)C1. The van der Waals surface area contributed by atoms with Gasteiger partial charge < -0.3 is 14.9 Å². The van der Waals surface area contributed by atoms with Crippen LogP contribution in [-0.2, 0) is 4.79 Å². The van der Waals surface area contributed by atoms with Gasteiger partial charge in [0.05, 0.1) is 11.7 Å². The summed E-state index contributed by atoms with van der Waals surface area (Å²) in [6.45, 7) is 8.54. The van der Waals surface area contributed by atoms with Gasteiger partial charge in [0.15, 0.2) is 11.6 Å². The van der Waals surface area contributed by atoms with Gasteiger partial charge in [-0.2, -0.15) is 5.10 Å². The van der Waals surface area contributed by atoms with Crippen molar-refractivity contribution >= 4 is 22.6 Å². The summed E-state index contributed by atoms with van der Waals surface area (Å²) in [5.74, 6) is 0.602. The second-order valence-corrected chi connectivity index (χ2v) is 8.05. The van der Waals surface area contributed by atoms with E-state index in [4.69, 9.17) is 0 Å². The number of likely N-dealkylation sites (tertiary alicyclic amines) is 1. The Kier molecular flexibility index (Phi) is 3.84. The standard InChI is InChI=1S/C21H22N6O2/c1-3-16(28)27-10-21(11-27)6-7-26(9-21)20-19(29)18(22-12-23-20)17-13(2)4-5-15-14(17)8-24-25-15/h3-5,8,12,29H,1,6-7,9-11H2,2H3,(H,24,25). The lowest BCUT2D eigenvalue weighted by Crippen LogP contribution is -2.59. The van der Waals surface area contributed by atoms with E-state index >= 15 is 0 Å². The molecule has 1 amide bonds. The number of aromatic nitrogens is 4. The normalized spacial score (nSPS) is 17.7. The zero-order valence-corrected chi connectivity index (χ0v) is 16.2. The van der Waals surface area contributed by atoms with Crippen LogP contribution < -0.4 is 4.90 Å². The number of aryl methyl sites for hydroxylation is 1. The highest BCUT2D eigenvalue weighted by Crippen LogP contribution is 2.44. The predicted molar refractivity (Wildman–Crippen MR) is 110 cm³/mol. The molecule has 0 bridgehead atoms. The molecular weight excluding hydrogens is 368 g/mol. The van der Waals surface area contributed by atoms with E-state index in [0.717, 1.165) is 54.6 Å². The van der Waals surface area contributed by atoms with E-state index in [1.165, 1.54) is 12.4 Å². The van der Waals surface area contributed by atoms with Crippen LogP contribution in [0.1, 0.15) is 12.0 Å². The van der Waals surface area contributed by atoms with Crippen LogP contribution in [0.25, 0.3) is 22.2 Å². The Morgan fingerprint density at radius 3 is 2.93 bits per heavy atom. The highest BCUT2D eigenvalue weighted by molar-refractivity contribution is 5.97. The molecule has 2 aliphatic rings. The van der Waals surface area contributed by atoms with Crippen LogP contribution >= 0.6 is 0 Å². The summed E-state index contributed by atoms with van der Waals surface area (Å²) in [6, 6.07) is 3.96. The van der Waals surface area contributed by atoms with Gasteiger partial charge in [0.2, 0.25) is 5.91 Å². The average molecular weight is 390 g/mol. The van der Waals surface area contributed by atoms with Gasteiger partial charge in [0.25, 0.3) is 0 Å². The number of carbonyl (C=O) groups excluding carboxylic acids is 1. The molecule has 3 aromatic rings. The Labute approximate surface area is 167 Å². The third-order valence-corrected chi connectivity index (χ3v) is 6.15. The van der Waals surface area contributed by atoms with Crippen LogP contribution in [0, 0.1) is 12.3 Å². The van der Waals surface area contributed by atoms with Gasteiger partial charge in [-0.05, 0) is 31.1 Å². The smallest absolute Gasteiger partial charge is 0.245 e. The van der Waals surface area contributed by atoms with Crippen LogP contribution in [0.2, 0.25) is 0 Å². The second kappa shape index (κ2) is 6.30.